The largest absolute Gasteiger partial charge is 0.497 e. The summed E-state index contributed by atoms with van der Waals surface area (Å²) < 4.78 is 10.7. The van der Waals surface area contributed by atoms with Gasteiger partial charge in [0.2, 0.25) is 0 Å². The second-order valence-corrected chi connectivity index (χ2v) is 7.67. The molecule has 0 spiro atoms. The molecule has 2 nitrogen and oxygen atoms in total. The fraction of sp³-hybridized carbons (Fsp3) is 0.143. The van der Waals surface area contributed by atoms with Gasteiger partial charge in [-0.05, 0) is 87.7 Å². The summed E-state index contributed by atoms with van der Waals surface area (Å²) in [6.07, 6.45) is 2.14. The highest BCUT2D eigenvalue weighted by Crippen LogP contribution is 2.43. The molecular weight excluding hydrogens is 368 g/mol. The maximum atomic E-state index is 5.38. The molecule has 0 radical (unpaired) electrons. The third-order valence-electron chi connectivity index (χ3n) is 5.99. The standard InChI is InChI=1S/C28H24O2/c1-29-24-13-9-19(10-14-24)23-17-22-8-7-20-5-3-4-6-26(20)28(22)27(18-23)21-11-15-25(30-2)16-12-21/h3-6,9-18H,7-8H2,1-2H3. The Morgan fingerprint density at radius 1 is 0.533 bits per heavy atom. The number of aryl methyl sites for hydroxylation is 2. The van der Waals surface area contributed by atoms with Gasteiger partial charge >= 0.3 is 0 Å². The zero-order chi connectivity index (χ0) is 20.5. The van der Waals surface area contributed by atoms with Crippen LogP contribution < -0.4 is 9.47 Å². The van der Waals surface area contributed by atoms with Crippen molar-refractivity contribution >= 4 is 0 Å². The van der Waals surface area contributed by atoms with Crippen LogP contribution in [0.5, 0.6) is 11.5 Å². The number of hydrogen-bond acceptors (Lipinski definition) is 2. The summed E-state index contributed by atoms with van der Waals surface area (Å²) in [5.74, 6) is 1.75. The molecular formula is C28H24O2. The molecule has 5 rings (SSSR count). The van der Waals surface area contributed by atoms with Gasteiger partial charge in [-0.1, -0.05) is 54.6 Å². The summed E-state index contributed by atoms with van der Waals surface area (Å²) in [6, 6.07) is 30.2. The molecule has 0 unspecified atom stereocenters. The minimum Gasteiger partial charge on any atom is -0.497 e. The first-order chi connectivity index (χ1) is 14.8. The van der Waals surface area contributed by atoms with Gasteiger partial charge in [0.25, 0.3) is 0 Å². The van der Waals surface area contributed by atoms with Gasteiger partial charge in [-0.15, -0.1) is 0 Å². The lowest BCUT2D eigenvalue weighted by Gasteiger charge is -2.24. The van der Waals surface area contributed by atoms with Crippen LogP contribution in [0.1, 0.15) is 11.1 Å². The Balaban J connectivity index is 1.73. The van der Waals surface area contributed by atoms with E-state index in [9.17, 15) is 0 Å². The van der Waals surface area contributed by atoms with E-state index in [2.05, 4.69) is 60.7 Å². The van der Waals surface area contributed by atoms with Crippen molar-refractivity contribution in [3.63, 3.8) is 0 Å². The van der Waals surface area contributed by atoms with Gasteiger partial charge in [-0.2, -0.15) is 0 Å². The number of methoxy groups -OCH3 is 2. The fourth-order valence-electron chi connectivity index (χ4n) is 4.42. The first kappa shape index (κ1) is 18.5. The van der Waals surface area contributed by atoms with Crippen molar-refractivity contribution in [1.29, 1.82) is 0 Å². The van der Waals surface area contributed by atoms with Crippen molar-refractivity contribution in [2.75, 3.05) is 14.2 Å². The van der Waals surface area contributed by atoms with Crippen LogP contribution >= 0.6 is 0 Å². The molecule has 148 valence electrons. The SMILES string of the molecule is COc1ccc(-c2cc3c(c(-c4ccc(OC)cc4)c2)-c2ccccc2CC3)cc1. The van der Waals surface area contributed by atoms with E-state index in [1.807, 2.05) is 24.3 Å². The van der Waals surface area contributed by atoms with E-state index in [-0.39, 0.29) is 0 Å². The van der Waals surface area contributed by atoms with Crippen LogP contribution in [0.4, 0.5) is 0 Å². The van der Waals surface area contributed by atoms with Gasteiger partial charge < -0.3 is 9.47 Å². The third-order valence-corrected chi connectivity index (χ3v) is 5.99. The number of hydrogen-bond donors (Lipinski definition) is 0. The summed E-state index contributed by atoms with van der Waals surface area (Å²) in [7, 11) is 3.41. The van der Waals surface area contributed by atoms with E-state index in [1.54, 1.807) is 14.2 Å². The predicted octanol–water partition coefficient (Wildman–Crippen LogP) is 6.80. The molecule has 4 aromatic carbocycles. The zero-order valence-corrected chi connectivity index (χ0v) is 17.3. The van der Waals surface area contributed by atoms with Crippen LogP contribution in [0, 0.1) is 0 Å². The van der Waals surface area contributed by atoms with Crippen LogP contribution in [0.3, 0.4) is 0 Å². The normalized spacial score (nSPS) is 12.1. The molecule has 0 saturated heterocycles. The summed E-state index contributed by atoms with van der Waals surface area (Å²) in [5, 5.41) is 0. The quantitative estimate of drug-likeness (QED) is 0.380. The Kier molecular flexibility index (Phi) is 4.76. The molecule has 1 aliphatic rings. The molecule has 0 N–H and O–H groups in total. The molecule has 0 aliphatic heterocycles. The lowest BCUT2D eigenvalue weighted by Crippen LogP contribution is -2.06. The molecule has 1 aliphatic carbocycles. The van der Waals surface area contributed by atoms with Crippen molar-refractivity contribution in [2.45, 2.75) is 12.8 Å². The minimum absolute atomic E-state index is 0.874. The Morgan fingerprint density at radius 2 is 1.13 bits per heavy atom. The van der Waals surface area contributed by atoms with Crippen molar-refractivity contribution in [3.05, 3.63) is 96.1 Å². The average Bonchev–Trinajstić information content (AvgIpc) is 2.83. The number of benzene rings is 4. The molecule has 2 heteroatoms. The number of fused-ring (bicyclic) bond motifs is 3. The first-order valence-corrected chi connectivity index (χ1v) is 10.3. The monoisotopic (exact) mass is 392 g/mol. The third kappa shape index (κ3) is 3.25. The van der Waals surface area contributed by atoms with Crippen LogP contribution in [0.2, 0.25) is 0 Å². The number of ether oxygens (including phenoxy) is 2. The first-order valence-electron chi connectivity index (χ1n) is 10.3. The maximum absolute atomic E-state index is 5.38. The lowest BCUT2D eigenvalue weighted by molar-refractivity contribution is 0.415. The van der Waals surface area contributed by atoms with Crippen molar-refractivity contribution in [2.24, 2.45) is 0 Å². The smallest absolute Gasteiger partial charge is 0.118 e. The topological polar surface area (TPSA) is 18.5 Å². The highest BCUT2D eigenvalue weighted by atomic mass is 16.5. The summed E-state index contributed by atoms with van der Waals surface area (Å²) in [6.45, 7) is 0. The molecule has 0 amide bonds. The molecule has 30 heavy (non-hydrogen) atoms. The Bertz CT molecular complexity index is 1190. The molecule has 0 fully saturated rings. The second kappa shape index (κ2) is 7.72. The van der Waals surface area contributed by atoms with Crippen LogP contribution in [0.15, 0.2) is 84.9 Å². The van der Waals surface area contributed by atoms with Crippen LogP contribution in [0.25, 0.3) is 33.4 Å². The van der Waals surface area contributed by atoms with Gasteiger partial charge in [-0.3, -0.25) is 0 Å². The second-order valence-electron chi connectivity index (χ2n) is 7.67. The molecule has 0 saturated carbocycles. The minimum atomic E-state index is 0.874. The van der Waals surface area contributed by atoms with E-state index in [0.717, 1.165) is 24.3 Å². The molecule has 4 aromatic rings. The zero-order valence-electron chi connectivity index (χ0n) is 17.3. The van der Waals surface area contributed by atoms with E-state index < -0.39 is 0 Å². The summed E-state index contributed by atoms with van der Waals surface area (Å²) in [4.78, 5) is 0. The Labute approximate surface area is 177 Å². The highest BCUT2D eigenvalue weighted by Gasteiger charge is 2.21. The van der Waals surface area contributed by atoms with Gasteiger partial charge in [0.1, 0.15) is 11.5 Å². The van der Waals surface area contributed by atoms with Crippen LogP contribution in [-0.2, 0) is 12.8 Å². The fourth-order valence-corrected chi connectivity index (χ4v) is 4.42. The molecule has 0 aromatic heterocycles. The molecule has 0 atom stereocenters. The molecule has 0 bridgehead atoms. The Hall–Kier alpha value is -3.52. The number of rotatable bonds is 4. The molecule has 0 heterocycles. The summed E-state index contributed by atoms with van der Waals surface area (Å²) >= 11 is 0. The predicted molar refractivity (Wildman–Crippen MR) is 123 cm³/mol. The van der Waals surface area contributed by atoms with Gasteiger partial charge in [-0.25, -0.2) is 0 Å². The Morgan fingerprint density at radius 3 is 1.80 bits per heavy atom. The highest BCUT2D eigenvalue weighted by molar-refractivity contribution is 5.91. The van der Waals surface area contributed by atoms with Gasteiger partial charge in [0.05, 0.1) is 14.2 Å². The van der Waals surface area contributed by atoms with Crippen molar-refractivity contribution < 1.29 is 9.47 Å². The average molecular weight is 392 g/mol. The van der Waals surface area contributed by atoms with E-state index in [4.69, 9.17) is 9.47 Å². The van der Waals surface area contributed by atoms with E-state index >= 15 is 0 Å². The van der Waals surface area contributed by atoms with Gasteiger partial charge in [0, 0.05) is 0 Å². The van der Waals surface area contributed by atoms with E-state index in [1.165, 1.54) is 44.5 Å². The van der Waals surface area contributed by atoms with Gasteiger partial charge in [0.15, 0.2) is 0 Å². The van der Waals surface area contributed by atoms with Crippen molar-refractivity contribution in [3.8, 4) is 44.9 Å². The summed E-state index contributed by atoms with van der Waals surface area (Å²) in [5.41, 5.74) is 10.5. The van der Waals surface area contributed by atoms with Crippen molar-refractivity contribution in [1.82, 2.24) is 0 Å². The van der Waals surface area contributed by atoms with Crippen LogP contribution in [-0.4, -0.2) is 14.2 Å². The lowest BCUT2D eigenvalue weighted by atomic mass is 9.79. The maximum Gasteiger partial charge on any atom is 0.118 e. The van der Waals surface area contributed by atoms with E-state index in [0.29, 0.717) is 0 Å².